The van der Waals surface area contributed by atoms with Crippen LogP contribution in [-0.4, -0.2) is 16.0 Å². The quantitative estimate of drug-likeness (QED) is 0.728. The summed E-state index contributed by atoms with van der Waals surface area (Å²) in [6.07, 6.45) is 3.29. The first-order valence-electron chi connectivity index (χ1n) is 8.57. The number of hydrogen-bond donors (Lipinski definition) is 2. The molecule has 26 heavy (non-hydrogen) atoms. The highest BCUT2D eigenvalue weighted by molar-refractivity contribution is 5.95. The van der Waals surface area contributed by atoms with Crippen LogP contribution in [0.2, 0.25) is 0 Å². The van der Waals surface area contributed by atoms with E-state index in [0.29, 0.717) is 11.3 Å². The van der Waals surface area contributed by atoms with Crippen molar-refractivity contribution in [3.8, 4) is 16.9 Å². The molecular weight excluding hydrogens is 324 g/mol. The monoisotopic (exact) mass is 346 g/mol. The molecule has 0 saturated heterocycles. The zero-order chi connectivity index (χ0) is 18.7. The Hall–Kier alpha value is -3.14. The number of aryl methyl sites for hydroxylation is 2. The van der Waals surface area contributed by atoms with Gasteiger partial charge in [-0.2, -0.15) is 0 Å². The van der Waals surface area contributed by atoms with Gasteiger partial charge in [-0.1, -0.05) is 30.3 Å². The van der Waals surface area contributed by atoms with E-state index in [0.717, 1.165) is 27.8 Å². The number of amides is 1. The maximum Gasteiger partial charge on any atom is 0.253 e. The second kappa shape index (κ2) is 7.40. The van der Waals surface area contributed by atoms with E-state index in [9.17, 15) is 9.90 Å². The van der Waals surface area contributed by atoms with Crippen LogP contribution < -0.4 is 5.32 Å². The molecule has 2 N–H and O–H groups in total. The third-order valence-electron chi connectivity index (χ3n) is 4.47. The van der Waals surface area contributed by atoms with Crippen LogP contribution in [0.1, 0.15) is 40.0 Å². The minimum atomic E-state index is -0.164. The lowest BCUT2D eigenvalue weighted by Gasteiger charge is -2.15. The van der Waals surface area contributed by atoms with Gasteiger partial charge in [0.25, 0.3) is 5.91 Å². The van der Waals surface area contributed by atoms with E-state index in [-0.39, 0.29) is 11.9 Å². The average Bonchev–Trinajstić information content (AvgIpc) is 2.66. The van der Waals surface area contributed by atoms with Crippen molar-refractivity contribution in [3.05, 3.63) is 83.2 Å². The van der Waals surface area contributed by atoms with Crippen LogP contribution in [0.25, 0.3) is 11.1 Å². The summed E-state index contributed by atoms with van der Waals surface area (Å²) in [7, 11) is 0. The number of phenolic OH excluding ortho intramolecular Hbond substituents is 1. The van der Waals surface area contributed by atoms with E-state index in [1.807, 2.05) is 69.3 Å². The van der Waals surface area contributed by atoms with Crippen LogP contribution in [0.3, 0.4) is 0 Å². The number of benzene rings is 2. The average molecular weight is 346 g/mol. The van der Waals surface area contributed by atoms with E-state index in [2.05, 4.69) is 10.3 Å². The molecule has 0 spiro atoms. The molecule has 4 nitrogen and oxygen atoms in total. The Bertz CT molecular complexity index is 913. The molecule has 0 aliphatic heterocycles. The van der Waals surface area contributed by atoms with Crippen molar-refractivity contribution in [1.29, 1.82) is 0 Å². The van der Waals surface area contributed by atoms with Crippen molar-refractivity contribution in [2.45, 2.75) is 26.8 Å². The highest BCUT2D eigenvalue weighted by Gasteiger charge is 2.13. The van der Waals surface area contributed by atoms with Crippen LogP contribution in [0.15, 0.2) is 60.9 Å². The highest BCUT2D eigenvalue weighted by Crippen LogP contribution is 2.29. The lowest BCUT2D eigenvalue weighted by Crippen LogP contribution is -2.26. The van der Waals surface area contributed by atoms with Gasteiger partial charge in [0.1, 0.15) is 5.75 Å². The van der Waals surface area contributed by atoms with E-state index in [1.165, 1.54) is 0 Å². The first kappa shape index (κ1) is 17.7. The second-order valence-electron chi connectivity index (χ2n) is 6.53. The number of aromatic hydroxyl groups is 1. The molecule has 3 rings (SSSR count). The van der Waals surface area contributed by atoms with E-state index in [1.54, 1.807) is 12.4 Å². The van der Waals surface area contributed by atoms with Crippen molar-refractivity contribution < 1.29 is 9.90 Å². The van der Waals surface area contributed by atoms with Gasteiger partial charge in [0.15, 0.2) is 0 Å². The zero-order valence-electron chi connectivity index (χ0n) is 15.2. The van der Waals surface area contributed by atoms with Crippen LogP contribution in [0.4, 0.5) is 0 Å². The molecule has 0 aliphatic carbocycles. The van der Waals surface area contributed by atoms with E-state index in [4.69, 9.17) is 0 Å². The molecular formula is C22H22N2O2. The van der Waals surface area contributed by atoms with E-state index >= 15 is 0 Å². The van der Waals surface area contributed by atoms with Crippen LogP contribution in [0, 0.1) is 13.8 Å². The van der Waals surface area contributed by atoms with Gasteiger partial charge in [-0.15, -0.1) is 0 Å². The SMILES string of the molecule is Cc1cc(-c2cncc(C(=O)N[C@H](C)c3ccccc3)c2)cc(C)c1O. The van der Waals surface area contributed by atoms with Gasteiger partial charge in [-0.05, 0) is 61.2 Å². The first-order chi connectivity index (χ1) is 12.5. The molecule has 132 valence electrons. The topological polar surface area (TPSA) is 62.2 Å². The number of nitrogens with one attached hydrogen (secondary N) is 1. The zero-order valence-corrected chi connectivity index (χ0v) is 15.2. The van der Waals surface area contributed by atoms with Gasteiger partial charge in [0, 0.05) is 18.0 Å². The number of carbonyl (C=O) groups is 1. The van der Waals surface area contributed by atoms with Crippen molar-refractivity contribution in [3.63, 3.8) is 0 Å². The largest absolute Gasteiger partial charge is 0.507 e. The Kier molecular flexibility index (Phi) is 5.03. The fourth-order valence-corrected chi connectivity index (χ4v) is 2.95. The fourth-order valence-electron chi connectivity index (χ4n) is 2.95. The van der Waals surface area contributed by atoms with Crippen molar-refractivity contribution >= 4 is 5.91 Å². The van der Waals surface area contributed by atoms with Gasteiger partial charge in [-0.3, -0.25) is 9.78 Å². The van der Waals surface area contributed by atoms with Crippen LogP contribution >= 0.6 is 0 Å². The molecule has 2 aromatic carbocycles. The molecule has 0 bridgehead atoms. The number of carbonyl (C=O) groups excluding carboxylic acids is 1. The summed E-state index contributed by atoms with van der Waals surface area (Å²) < 4.78 is 0. The molecule has 1 atom stereocenters. The fraction of sp³-hybridized carbons (Fsp3) is 0.182. The highest BCUT2D eigenvalue weighted by atomic mass is 16.3. The number of nitrogens with zero attached hydrogens (tertiary/aromatic N) is 1. The number of pyridine rings is 1. The van der Waals surface area contributed by atoms with Crippen molar-refractivity contribution in [2.24, 2.45) is 0 Å². The molecule has 1 amide bonds. The molecule has 1 heterocycles. The summed E-state index contributed by atoms with van der Waals surface area (Å²) in [6, 6.07) is 15.4. The molecule has 0 saturated carbocycles. The Morgan fingerprint density at radius 3 is 2.31 bits per heavy atom. The molecule has 3 aromatic rings. The van der Waals surface area contributed by atoms with Crippen LogP contribution in [0.5, 0.6) is 5.75 Å². The van der Waals surface area contributed by atoms with Gasteiger partial charge >= 0.3 is 0 Å². The summed E-state index contributed by atoms with van der Waals surface area (Å²) >= 11 is 0. The Morgan fingerprint density at radius 1 is 1.00 bits per heavy atom. The summed E-state index contributed by atoms with van der Waals surface area (Å²) in [5.74, 6) is 0.134. The van der Waals surface area contributed by atoms with E-state index < -0.39 is 0 Å². The van der Waals surface area contributed by atoms with Crippen molar-refractivity contribution in [2.75, 3.05) is 0 Å². The summed E-state index contributed by atoms with van der Waals surface area (Å²) in [6.45, 7) is 5.67. The molecule has 0 unspecified atom stereocenters. The lowest BCUT2D eigenvalue weighted by molar-refractivity contribution is 0.0939. The minimum Gasteiger partial charge on any atom is -0.507 e. The smallest absolute Gasteiger partial charge is 0.253 e. The summed E-state index contributed by atoms with van der Waals surface area (Å²) in [5, 5.41) is 13.0. The maximum absolute atomic E-state index is 12.6. The molecule has 4 heteroatoms. The Balaban J connectivity index is 1.84. The predicted molar refractivity (Wildman–Crippen MR) is 103 cm³/mol. The van der Waals surface area contributed by atoms with Gasteiger partial charge in [0.2, 0.25) is 0 Å². The number of aromatic nitrogens is 1. The Labute approximate surface area is 153 Å². The van der Waals surface area contributed by atoms with Gasteiger partial charge in [0.05, 0.1) is 11.6 Å². The van der Waals surface area contributed by atoms with Crippen LogP contribution in [-0.2, 0) is 0 Å². The molecule has 0 fully saturated rings. The molecule has 0 aliphatic rings. The van der Waals surface area contributed by atoms with Crippen molar-refractivity contribution in [1.82, 2.24) is 10.3 Å². The molecule has 0 radical (unpaired) electrons. The summed E-state index contributed by atoms with van der Waals surface area (Å²) in [5.41, 5.74) is 4.93. The maximum atomic E-state index is 12.6. The summed E-state index contributed by atoms with van der Waals surface area (Å²) in [4.78, 5) is 16.8. The number of phenols is 1. The Morgan fingerprint density at radius 2 is 1.65 bits per heavy atom. The van der Waals surface area contributed by atoms with Gasteiger partial charge < -0.3 is 10.4 Å². The first-order valence-corrected chi connectivity index (χ1v) is 8.57. The number of rotatable bonds is 4. The second-order valence-corrected chi connectivity index (χ2v) is 6.53. The number of hydrogen-bond acceptors (Lipinski definition) is 3. The standard InChI is InChI=1S/C22H22N2O2/c1-14-9-18(10-15(2)21(14)25)19-11-20(13-23-12-19)22(26)24-16(3)17-7-5-4-6-8-17/h4-13,16,25H,1-3H3,(H,24,26)/t16-/m1/s1. The molecule has 1 aromatic heterocycles. The third kappa shape index (κ3) is 3.75. The van der Waals surface area contributed by atoms with Gasteiger partial charge in [-0.25, -0.2) is 0 Å². The minimum absolute atomic E-state index is 0.0921. The predicted octanol–water partition coefficient (Wildman–Crippen LogP) is 4.56. The lowest BCUT2D eigenvalue weighted by atomic mass is 10.00. The normalized spacial score (nSPS) is 11.8. The third-order valence-corrected chi connectivity index (χ3v) is 4.47.